The first-order chi connectivity index (χ1) is 12.4. The highest BCUT2D eigenvalue weighted by atomic mass is 19.4. The van der Waals surface area contributed by atoms with Gasteiger partial charge in [0.2, 0.25) is 5.91 Å². The maximum atomic E-state index is 13.0. The Morgan fingerprint density at radius 3 is 2.35 bits per heavy atom. The quantitative estimate of drug-likeness (QED) is 0.701. The fraction of sp³-hybridized carbons (Fsp3) is 0.190. The van der Waals surface area contributed by atoms with Gasteiger partial charge >= 0.3 is 6.18 Å². The summed E-state index contributed by atoms with van der Waals surface area (Å²) in [6.07, 6.45) is -4.05. The number of alkyl halides is 3. The van der Waals surface area contributed by atoms with Gasteiger partial charge in [0.25, 0.3) is 0 Å². The van der Waals surface area contributed by atoms with Gasteiger partial charge in [-0.05, 0) is 34.4 Å². The average molecular weight is 357 g/mol. The van der Waals surface area contributed by atoms with Gasteiger partial charge in [-0.15, -0.1) is 0 Å². The number of carbonyl (C=O) groups is 1. The Morgan fingerprint density at radius 1 is 0.885 bits per heavy atom. The van der Waals surface area contributed by atoms with Gasteiger partial charge in [-0.25, -0.2) is 0 Å². The number of carbonyl (C=O) groups excluding carboxylic acids is 1. The number of hydrogen-bond donors (Lipinski definition) is 1. The summed E-state index contributed by atoms with van der Waals surface area (Å²) in [5.74, 6) is -0.204. The Hall–Kier alpha value is -2.82. The Bertz CT molecular complexity index is 918. The fourth-order valence-corrected chi connectivity index (χ4v) is 2.95. The summed E-state index contributed by atoms with van der Waals surface area (Å²) < 4.78 is 38.9. The van der Waals surface area contributed by atoms with Crippen LogP contribution in [0.25, 0.3) is 10.8 Å². The van der Waals surface area contributed by atoms with Gasteiger partial charge in [0.15, 0.2) is 0 Å². The van der Waals surface area contributed by atoms with Crippen LogP contribution in [0.3, 0.4) is 0 Å². The highest BCUT2D eigenvalue weighted by Gasteiger charge is 2.32. The van der Waals surface area contributed by atoms with Crippen LogP contribution < -0.4 is 5.32 Å². The topological polar surface area (TPSA) is 29.1 Å². The van der Waals surface area contributed by atoms with Crippen LogP contribution in [0.1, 0.15) is 16.7 Å². The lowest BCUT2D eigenvalue weighted by molar-refractivity contribution is -0.138. The molecule has 0 radical (unpaired) electrons. The van der Waals surface area contributed by atoms with E-state index in [1.807, 2.05) is 42.5 Å². The zero-order valence-electron chi connectivity index (χ0n) is 14.0. The average Bonchev–Trinajstić information content (AvgIpc) is 2.61. The van der Waals surface area contributed by atoms with Gasteiger partial charge in [0.1, 0.15) is 0 Å². The lowest BCUT2D eigenvalue weighted by Crippen LogP contribution is -2.27. The van der Waals surface area contributed by atoms with Crippen LogP contribution in [-0.4, -0.2) is 12.5 Å². The van der Waals surface area contributed by atoms with Crippen LogP contribution in [0.4, 0.5) is 13.2 Å². The number of amides is 1. The molecule has 0 heterocycles. The molecular formula is C21H18F3NO. The van der Waals surface area contributed by atoms with E-state index in [1.54, 1.807) is 6.07 Å². The van der Waals surface area contributed by atoms with Crippen molar-refractivity contribution < 1.29 is 18.0 Å². The molecule has 0 aliphatic rings. The molecule has 3 aromatic carbocycles. The molecule has 26 heavy (non-hydrogen) atoms. The molecule has 0 saturated heterocycles. The van der Waals surface area contributed by atoms with Crippen molar-refractivity contribution in [2.45, 2.75) is 19.0 Å². The smallest absolute Gasteiger partial charge is 0.355 e. The van der Waals surface area contributed by atoms with E-state index in [9.17, 15) is 18.0 Å². The van der Waals surface area contributed by atoms with Gasteiger partial charge in [-0.2, -0.15) is 13.2 Å². The van der Waals surface area contributed by atoms with Crippen LogP contribution in [-0.2, 0) is 23.8 Å². The van der Waals surface area contributed by atoms with Gasteiger partial charge < -0.3 is 5.32 Å². The summed E-state index contributed by atoms with van der Waals surface area (Å²) in [4.78, 5) is 12.1. The van der Waals surface area contributed by atoms with E-state index >= 15 is 0 Å². The van der Waals surface area contributed by atoms with E-state index in [4.69, 9.17) is 0 Å². The normalized spacial score (nSPS) is 11.5. The van der Waals surface area contributed by atoms with Crippen molar-refractivity contribution in [2.75, 3.05) is 6.54 Å². The monoisotopic (exact) mass is 357 g/mol. The molecule has 0 spiro atoms. The van der Waals surface area contributed by atoms with Crippen LogP contribution in [0.5, 0.6) is 0 Å². The Balaban J connectivity index is 1.58. The first-order valence-electron chi connectivity index (χ1n) is 8.33. The van der Waals surface area contributed by atoms with Gasteiger partial charge in [0.05, 0.1) is 12.0 Å². The molecule has 0 aliphatic heterocycles. The molecule has 5 heteroatoms. The van der Waals surface area contributed by atoms with Crippen LogP contribution in [0, 0.1) is 0 Å². The molecule has 3 aromatic rings. The molecule has 3 rings (SSSR count). The predicted molar refractivity (Wildman–Crippen MR) is 95.8 cm³/mol. The van der Waals surface area contributed by atoms with Crippen molar-refractivity contribution in [3.05, 3.63) is 83.4 Å². The summed E-state index contributed by atoms with van der Waals surface area (Å²) in [7, 11) is 0. The van der Waals surface area contributed by atoms with Crippen LogP contribution in [0.2, 0.25) is 0 Å². The van der Waals surface area contributed by atoms with Crippen molar-refractivity contribution in [1.82, 2.24) is 5.32 Å². The third kappa shape index (κ3) is 4.42. The molecule has 134 valence electrons. The summed E-state index contributed by atoms with van der Waals surface area (Å²) in [6.45, 7) is 0.166. The van der Waals surface area contributed by atoms with Gasteiger partial charge in [-0.3, -0.25) is 4.79 Å². The molecule has 0 saturated carbocycles. The summed E-state index contributed by atoms with van der Waals surface area (Å²) in [5, 5.41) is 4.85. The maximum Gasteiger partial charge on any atom is 0.416 e. The van der Waals surface area contributed by atoms with Crippen molar-refractivity contribution >= 4 is 16.7 Å². The molecule has 0 unspecified atom stereocenters. The zero-order valence-corrected chi connectivity index (χ0v) is 14.0. The third-order valence-electron chi connectivity index (χ3n) is 4.22. The molecule has 0 bridgehead atoms. The van der Waals surface area contributed by atoms with Crippen molar-refractivity contribution in [3.63, 3.8) is 0 Å². The van der Waals surface area contributed by atoms with Crippen molar-refractivity contribution in [3.8, 4) is 0 Å². The largest absolute Gasteiger partial charge is 0.416 e. The second-order valence-corrected chi connectivity index (χ2v) is 6.11. The second-order valence-electron chi connectivity index (χ2n) is 6.11. The Morgan fingerprint density at radius 2 is 1.58 bits per heavy atom. The standard InChI is InChI=1S/C21H18F3NO/c22-21(23,24)19-8-4-3-6-17(19)11-12-25-20(26)14-15-9-10-16-5-1-2-7-18(16)13-15/h1-10,13H,11-12,14H2,(H,25,26). The number of fused-ring (bicyclic) bond motifs is 1. The minimum absolute atomic E-state index is 0.138. The maximum absolute atomic E-state index is 13.0. The molecule has 1 N–H and O–H groups in total. The van der Waals surface area contributed by atoms with E-state index in [0.717, 1.165) is 22.4 Å². The molecule has 0 atom stereocenters. The number of halogens is 3. The zero-order chi connectivity index (χ0) is 18.6. The number of rotatable bonds is 5. The minimum Gasteiger partial charge on any atom is -0.355 e. The highest BCUT2D eigenvalue weighted by Crippen LogP contribution is 2.31. The van der Waals surface area contributed by atoms with E-state index in [2.05, 4.69) is 5.32 Å². The number of hydrogen-bond acceptors (Lipinski definition) is 1. The summed E-state index contributed by atoms with van der Waals surface area (Å²) >= 11 is 0. The molecule has 0 aromatic heterocycles. The fourth-order valence-electron chi connectivity index (χ4n) is 2.95. The SMILES string of the molecule is O=C(Cc1ccc2ccccc2c1)NCCc1ccccc1C(F)(F)F. The lowest BCUT2D eigenvalue weighted by Gasteiger charge is -2.13. The highest BCUT2D eigenvalue weighted by molar-refractivity contribution is 5.85. The van der Waals surface area contributed by atoms with E-state index in [1.165, 1.54) is 12.1 Å². The summed E-state index contributed by atoms with van der Waals surface area (Å²) in [5.41, 5.74) is 0.409. The van der Waals surface area contributed by atoms with E-state index in [-0.39, 0.29) is 30.9 Å². The van der Waals surface area contributed by atoms with E-state index in [0.29, 0.717) is 0 Å². The van der Waals surface area contributed by atoms with Gasteiger partial charge in [-0.1, -0.05) is 60.7 Å². The van der Waals surface area contributed by atoms with Crippen LogP contribution in [0.15, 0.2) is 66.7 Å². The molecular weight excluding hydrogens is 339 g/mol. The summed E-state index contributed by atoms with van der Waals surface area (Å²) in [6, 6.07) is 19.1. The number of benzene rings is 3. The lowest BCUT2D eigenvalue weighted by atomic mass is 10.0. The number of nitrogens with one attached hydrogen (secondary N) is 1. The Kier molecular flexibility index (Phi) is 5.26. The second kappa shape index (κ2) is 7.60. The first-order valence-corrected chi connectivity index (χ1v) is 8.33. The van der Waals surface area contributed by atoms with Crippen LogP contribution >= 0.6 is 0 Å². The third-order valence-corrected chi connectivity index (χ3v) is 4.22. The van der Waals surface area contributed by atoms with Crippen molar-refractivity contribution in [1.29, 1.82) is 0 Å². The van der Waals surface area contributed by atoms with E-state index < -0.39 is 11.7 Å². The molecule has 1 amide bonds. The first kappa shape index (κ1) is 18.0. The Labute approximate surface area is 149 Å². The molecule has 0 aliphatic carbocycles. The minimum atomic E-state index is -4.38. The van der Waals surface area contributed by atoms with Gasteiger partial charge in [0, 0.05) is 6.54 Å². The van der Waals surface area contributed by atoms with Crippen molar-refractivity contribution in [2.24, 2.45) is 0 Å². The molecule has 2 nitrogen and oxygen atoms in total. The predicted octanol–water partition coefficient (Wildman–Crippen LogP) is 4.76. The molecule has 0 fully saturated rings.